The third-order valence-corrected chi connectivity index (χ3v) is 4.91. The Hall–Kier alpha value is -3.22. The zero-order chi connectivity index (χ0) is 18.6. The molecule has 27 heavy (non-hydrogen) atoms. The van der Waals surface area contributed by atoms with Gasteiger partial charge in [-0.2, -0.15) is 0 Å². The predicted molar refractivity (Wildman–Crippen MR) is 101 cm³/mol. The predicted octanol–water partition coefficient (Wildman–Crippen LogP) is 2.03. The normalized spacial score (nSPS) is 17.0. The molecule has 1 amide bonds. The van der Waals surface area contributed by atoms with Crippen molar-refractivity contribution in [1.29, 1.82) is 0 Å². The van der Waals surface area contributed by atoms with Gasteiger partial charge < -0.3 is 14.5 Å². The fourth-order valence-corrected chi connectivity index (χ4v) is 3.59. The van der Waals surface area contributed by atoms with Crippen LogP contribution in [-0.2, 0) is 6.54 Å². The van der Waals surface area contributed by atoms with E-state index in [0.717, 1.165) is 31.4 Å². The molecule has 1 aliphatic heterocycles. The third kappa shape index (κ3) is 3.81. The van der Waals surface area contributed by atoms with Crippen molar-refractivity contribution in [2.75, 3.05) is 13.1 Å². The van der Waals surface area contributed by atoms with Gasteiger partial charge in [-0.3, -0.25) is 9.59 Å². The Labute approximate surface area is 156 Å². The van der Waals surface area contributed by atoms with Crippen LogP contribution in [0.25, 0.3) is 0 Å². The van der Waals surface area contributed by atoms with E-state index >= 15 is 0 Å². The molecule has 7 heteroatoms. The lowest BCUT2D eigenvalue weighted by atomic mass is 9.96. The number of hydrogen-bond acceptors (Lipinski definition) is 4. The second-order valence-corrected chi connectivity index (χ2v) is 6.79. The summed E-state index contributed by atoms with van der Waals surface area (Å²) in [5, 5.41) is 0. The summed E-state index contributed by atoms with van der Waals surface area (Å²) in [6.45, 7) is 2.06. The van der Waals surface area contributed by atoms with Crippen molar-refractivity contribution in [3.63, 3.8) is 0 Å². The largest absolute Gasteiger partial charge is 0.337 e. The number of nitrogens with one attached hydrogen (secondary N) is 1. The molecule has 1 aromatic carbocycles. The van der Waals surface area contributed by atoms with Gasteiger partial charge in [0.2, 0.25) is 0 Å². The fourth-order valence-electron chi connectivity index (χ4n) is 3.59. The lowest BCUT2D eigenvalue weighted by molar-refractivity contribution is 0.0697. The zero-order valence-corrected chi connectivity index (χ0v) is 14.9. The van der Waals surface area contributed by atoms with E-state index in [2.05, 4.69) is 31.7 Å². The number of carbonyl (C=O) groups is 1. The zero-order valence-electron chi connectivity index (χ0n) is 14.9. The van der Waals surface area contributed by atoms with Crippen LogP contribution in [0.3, 0.4) is 0 Å². The van der Waals surface area contributed by atoms with Crippen molar-refractivity contribution in [1.82, 2.24) is 24.4 Å². The first-order valence-corrected chi connectivity index (χ1v) is 9.09. The number of rotatable bonds is 4. The SMILES string of the molecule is O=C(c1c[nH]c(=O)cn1)N1CCCC(c2nccn2Cc2ccccc2)C1. The summed E-state index contributed by atoms with van der Waals surface area (Å²) in [4.78, 5) is 36.7. The van der Waals surface area contributed by atoms with E-state index < -0.39 is 0 Å². The van der Waals surface area contributed by atoms with Crippen LogP contribution in [0.2, 0.25) is 0 Å². The summed E-state index contributed by atoms with van der Waals surface area (Å²) in [6, 6.07) is 10.3. The van der Waals surface area contributed by atoms with Crippen LogP contribution >= 0.6 is 0 Å². The first kappa shape index (κ1) is 17.2. The van der Waals surface area contributed by atoms with Crippen molar-refractivity contribution in [3.8, 4) is 0 Å². The Morgan fingerprint density at radius 2 is 2.07 bits per heavy atom. The Bertz CT molecular complexity index is 959. The van der Waals surface area contributed by atoms with Gasteiger partial charge >= 0.3 is 0 Å². The Morgan fingerprint density at radius 1 is 1.22 bits per heavy atom. The van der Waals surface area contributed by atoms with Crippen molar-refractivity contribution >= 4 is 5.91 Å². The number of nitrogens with zero attached hydrogens (tertiary/aromatic N) is 4. The minimum atomic E-state index is -0.314. The monoisotopic (exact) mass is 363 g/mol. The molecule has 7 nitrogen and oxygen atoms in total. The smallest absolute Gasteiger partial charge is 0.273 e. The molecule has 3 aromatic rings. The molecule has 1 unspecified atom stereocenters. The molecule has 4 rings (SSSR count). The van der Waals surface area contributed by atoms with Crippen LogP contribution in [0.15, 0.2) is 59.9 Å². The molecular formula is C20H21N5O2. The Kier molecular flexibility index (Phi) is 4.82. The number of aromatic nitrogens is 4. The molecule has 1 atom stereocenters. The van der Waals surface area contributed by atoms with Gasteiger partial charge in [0.25, 0.3) is 11.5 Å². The molecule has 1 aliphatic rings. The van der Waals surface area contributed by atoms with Crippen LogP contribution in [0.1, 0.15) is 40.6 Å². The lowest BCUT2D eigenvalue weighted by Gasteiger charge is -2.32. The first-order chi connectivity index (χ1) is 13.2. The number of likely N-dealkylation sites (tertiary alicyclic amines) is 1. The van der Waals surface area contributed by atoms with Crippen molar-refractivity contribution in [3.05, 3.63) is 82.6 Å². The van der Waals surface area contributed by atoms with E-state index in [9.17, 15) is 9.59 Å². The maximum atomic E-state index is 12.7. The number of amides is 1. The Balaban J connectivity index is 1.50. The summed E-state index contributed by atoms with van der Waals surface area (Å²) in [5.74, 6) is 1.03. The highest BCUT2D eigenvalue weighted by Crippen LogP contribution is 2.27. The van der Waals surface area contributed by atoms with E-state index in [1.807, 2.05) is 30.6 Å². The molecule has 0 radical (unpaired) electrons. The maximum absolute atomic E-state index is 12.7. The average molecular weight is 363 g/mol. The van der Waals surface area contributed by atoms with Gasteiger partial charge in [0, 0.05) is 44.1 Å². The number of piperidine rings is 1. The molecular weight excluding hydrogens is 342 g/mol. The van der Waals surface area contributed by atoms with Crippen LogP contribution in [0.4, 0.5) is 0 Å². The topological polar surface area (TPSA) is 83.9 Å². The van der Waals surface area contributed by atoms with Gasteiger partial charge in [-0.25, -0.2) is 9.97 Å². The molecule has 2 aromatic heterocycles. The van der Waals surface area contributed by atoms with E-state index in [1.54, 1.807) is 4.90 Å². The summed E-state index contributed by atoms with van der Waals surface area (Å²) in [6.07, 6.45) is 8.24. The minimum Gasteiger partial charge on any atom is -0.337 e. The van der Waals surface area contributed by atoms with Crippen LogP contribution in [0.5, 0.6) is 0 Å². The van der Waals surface area contributed by atoms with Crippen LogP contribution < -0.4 is 5.56 Å². The fraction of sp³-hybridized carbons (Fsp3) is 0.300. The molecule has 0 saturated carbocycles. The van der Waals surface area contributed by atoms with Crippen molar-refractivity contribution in [2.45, 2.75) is 25.3 Å². The van der Waals surface area contributed by atoms with E-state index in [1.165, 1.54) is 11.8 Å². The summed E-state index contributed by atoms with van der Waals surface area (Å²) < 4.78 is 2.16. The number of aromatic amines is 1. The first-order valence-electron chi connectivity index (χ1n) is 9.09. The van der Waals surface area contributed by atoms with Gasteiger partial charge in [-0.15, -0.1) is 0 Å². The van der Waals surface area contributed by atoms with Crippen LogP contribution in [-0.4, -0.2) is 43.4 Å². The quantitative estimate of drug-likeness (QED) is 0.769. The molecule has 1 saturated heterocycles. The van der Waals surface area contributed by atoms with Gasteiger partial charge in [0.05, 0.1) is 6.20 Å². The molecule has 138 valence electrons. The standard InChI is InChI=1S/C20H21N5O2/c26-18-12-22-17(11-23-18)20(27)25-9-4-7-16(14-25)19-21-8-10-24(19)13-15-5-2-1-3-6-15/h1-3,5-6,8,10-12,16H,4,7,9,13-14H2,(H,23,26). The average Bonchev–Trinajstić information content (AvgIpc) is 3.17. The highest BCUT2D eigenvalue weighted by molar-refractivity contribution is 5.92. The molecule has 0 aliphatic carbocycles. The summed E-state index contributed by atoms with van der Waals surface area (Å²) in [7, 11) is 0. The summed E-state index contributed by atoms with van der Waals surface area (Å²) >= 11 is 0. The second kappa shape index (κ2) is 7.57. The number of hydrogen-bond donors (Lipinski definition) is 1. The van der Waals surface area contributed by atoms with Gasteiger partial charge in [0.1, 0.15) is 11.5 Å². The third-order valence-electron chi connectivity index (χ3n) is 4.91. The van der Waals surface area contributed by atoms with Gasteiger partial charge in [0.15, 0.2) is 0 Å². The number of carbonyl (C=O) groups excluding carboxylic acids is 1. The van der Waals surface area contributed by atoms with Crippen LogP contribution in [0, 0.1) is 0 Å². The number of benzene rings is 1. The molecule has 1 fully saturated rings. The van der Waals surface area contributed by atoms with Crippen molar-refractivity contribution in [2.24, 2.45) is 0 Å². The molecule has 3 heterocycles. The van der Waals surface area contributed by atoms with E-state index in [-0.39, 0.29) is 23.1 Å². The maximum Gasteiger partial charge on any atom is 0.273 e. The molecule has 0 bridgehead atoms. The number of imidazole rings is 1. The highest BCUT2D eigenvalue weighted by Gasteiger charge is 2.28. The van der Waals surface area contributed by atoms with E-state index in [4.69, 9.17) is 0 Å². The van der Waals surface area contributed by atoms with Gasteiger partial charge in [-0.1, -0.05) is 30.3 Å². The minimum absolute atomic E-state index is 0.155. The van der Waals surface area contributed by atoms with E-state index in [0.29, 0.717) is 13.1 Å². The highest BCUT2D eigenvalue weighted by atomic mass is 16.2. The lowest BCUT2D eigenvalue weighted by Crippen LogP contribution is -2.40. The number of H-pyrrole nitrogens is 1. The second-order valence-electron chi connectivity index (χ2n) is 6.79. The summed E-state index contributed by atoms with van der Waals surface area (Å²) in [5.41, 5.74) is 1.17. The Morgan fingerprint density at radius 3 is 2.85 bits per heavy atom. The molecule has 0 spiro atoms. The van der Waals surface area contributed by atoms with Gasteiger partial charge in [-0.05, 0) is 18.4 Å². The van der Waals surface area contributed by atoms with Crippen molar-refractivity contribution < 1.29 is 4.79 Å². The molecule has 1 N–H and O–H groups in total.